The first-order valence-electron chi connectivity index (χ1n) is 5.12. The normalized spacial score (nSPS) is 10.2. The van der Waals surface area contributed by atoms with E-state index in [1.807, 2.05) is 31.2 Å². The smallest absolute Gasteiger partial charge is 0.168 e. The van der Waals surface area contributed by atoms with Crippen molar-refractivity contribution in [3.05, 3.63) is 45.4 Å². The number of hydrogen-bond acceptors (Lipinski definition) is 4. The summed E-state index contributed by atoms with van der Waals surface area (Å²) in [7, 11) is 0. The number of hydrogen-bond donors (Lipinski definition) is 1. The minimum Gasteiger partial charge on any atom is -0.486 e. The lowest BCUT2D eigenvalue weighted by Crippen LogP contribution is -2.05. The molecule has 0 spiro atoms. The van der Waals surface area contributed by atoms with Crippen LogP contribution in [0.1, 0.15) is 11.5 Å². The van der Waals surface area contributed by atoms with E-state index in [2.05, 4.69) is 32.6 Å². The second-order valence-electron chi connectivity index (χ2n) is 3.60. The Balaban J connectivity index is 2.07. The van der Waals surface area contributed by atoms with Crippen LogP contribution in [0.3, 0.4) is 0 Å². The number of nitrogens with zero attached hydrogens (tertiary/aromatic N) is 2. The lowest BCUT2D eigenvalue weighted by atomic mass is 10.3. The summed E-state index contributed by atoms with van der Waals surface area (Å²) in [5.41, 5.74) is 6.49. The monoisotopic (exact) mass is 341 g/mol. The molecule has 17 heavy (non-hydrogen) atoms. The van der Waals surface area contributed by atoms with Gasteiger partial charge in [0.15, 0.2) is 5.82 Å². The van der Waals surface area contributed by atoms with E-state index in [-0.39, 0.29) is 0 Å². The minimum absolute atomic E-state index is 0.325. The van der Waals surface area contributed by atoms with E-state index >= 15 is 0 Å². The van der Waals surface area contributed by atoms with Gasteiger partial charge in [0, 0.05) is 15.3 Å². The van der Waals surface area contributed by atoms with Crippen molar-refractivity contribution in [2.45, 2.75) is 13.5 Å². The number of halogens is 1. The molecule has 4 nitrogen and oxygen atoms in total. The first kappa shape index (κ1) is 12.1. The van der Waals surface area contributed by atoms with Gasteiger partial charge >= 0.3 is 0 Å². The second kappa shape index (κ2) is 5.31. The number of anilines is 1. The topological polar surface area (TPSA) is 61.0 Å². The summed E-state index contributed by atoms with van der Waals surface area (Å²) < 4.78 is 6.73. The molecule has 0 fully saturated rings. The van der Waals surface area contributed by atoms with Crippen molar-refractivity contribution in [1.29, 1.82) is 0 Å². The van der Waals surface area contributed by atoms with Crippen molar-refractivity contribution in [3.8, 4) is 5.75 Å². The summed E-state index contributed by atoms with van der Waals surface area (Å²) in [5.74, 6) is 1.88. The van der Waals surface area contributed by atoms with Crippen LogP contribution < -0.4 is 10.5 Å². The molecule has 0 amide bonds. The standard InChI is InChI=1S/C12H12IN3O/c1-8-5-11(14)16-12(15-8)7-17-10-4-2-3-9(13)6-10/h2-6H,7H2,1H3,(H2,14,15,16). The van der Waals surface area contributed by atoms with Crippen LogP contribution in [0, 0.1) is 10.5 Å². The number of aromatic nitrogens is 2. The zero-order valence-corrected chi connectivity index (χ0v) is 11.5. The molecule has 0 aliphatic rings. The van der Waals surface area contributed by atoms with E-state index in [1.54, 1.807) is 6.07 Å². The molecule has 0 radical (unpaired) electrons. The fraction of sp³-hybridized carbons (Fsp3) is 0.167. The summed E-state index contributed by atoms with van der Waals surface area (Å²) in [6.45, 7) is 2.21. The molecular formula is C12H12IN3O. The highest BCUT2D eigenvalue weighted by atomic mass is 127. The molecule has 0 atom stereocenters. The van der Waals surface area contributed by atoms with Gasteiger partial charge in [-0.2, -0.15) is 0 Å². The quantitative estimate of drug-likeness (QED) is 0.872. The maximum absolute atomic E-state index is 5.64. The highest BCUT2D eigenvalue weighted by Gasteiger charge is 2.01. The summed E-state index contributed by atoms with van der Waals surface area (Å²) in [4.78, 5) is 8.36. The van der Waals surface area contributed by atoms with Crippen molar-refractivity contribution in [2.75, 3.05) is 5.73 Å². The molecule has 88 valence electrons. The SMILES string of the molecule is Cc1cc(N)nc(COc2cccc(I)c2)n1. The van der Waals surface area contributed by atoms with Crippen molar-refractivity contribution in [2.24, 2.45) is 0 Å². The Bertz CT molecular complexity index is 511. The number of aryl methyl sites for hydroxylation is 1. The van der Waals surface area contributed by atoms with Crippen LogP contribution in [0.5, 0.6) is 5.75 Å². The van der Waals surface area contributed by atoms with Gasteiger partial charge < -0.3 is 10.5 Å². The molecule has 0 aliphatic carbocycles. The molecule has 2 N–H and O–H groups in total. The van der Waals surface area contributed by atoms with Crippen LogP contribution in [0.25, 0.3) is 0 Å². The van der Waals surface area contributed by atoms with E-state index in [0.717, 1.165) is 15.0 Å². The van der Waals surface area contributed by atoms with Crippen LogP contribution in [-0.2, 0) is 6.61 Å². The van der Waals surface area contributed by atoms with Gasteiger partial charge in [0.25, 0.3) is 0 Å². The molecular weight excluding hydrogens is 329 g/mol. The molecule has 0 saturated heterocycles. The van der Waals surface area contributed by atoms with Crippen molar-refractivity contribution in [1.82, 2.24) is 9.97 Å². The molecule has 0 aliphatic heterocycles. The van der Waals surface area contributed by atoms with Gasteiger partial charge in [-0.15, -0.1) is 0 Å². The Labute approximate surface area is 113 Å². The average Bonchev–Trinajstić information content (AvgIpc) is 2.25. The van der Waals surface area contributed by atoms with Crippen LogP contribution >= 0.6 is 22.6 Å². The van der Waals surface area contributed by atoms with E-state index in [0.29, 0.717) is 18.2 Å². The number of nitrogens with two attached hydrogens (primary N) is 1. The highest BCUT2D eigenvalue weighted by molar-refractivity contribution is 14.1. The first-order chi connectivity index (χ1) is 8.13. The summed E-state index contributed by atoms with van der Waals surface area (Å²) in [6.07, 6.45) is 0. The van der Waals surface area contributed by atoms with E-state index in [1.165, 1.54) is 0 Å². The predicted octanol–water partition coefficient (Wildman–Crippen LogP) is 2.55. The Morgan fingerprint density at radius 3 is 2.82 bits per heavy atom. The van der Waals surface area contributed by atoms with Gasteiger partial charge in [0.1, 0.15) is 18.2 Å². The third kappa shape index (κ3) is 3.55. The lowest BCUT2D eigenvalue weighted by Gasteiger charge is -2.06. The molecule has 0 bridgehead atoms. The van der Waals surface area contributed by atoms with Gasteiger partial charge in [0.05, 0.1) is 0 Å². The minimum atomic E-state index is 0.325. The largest absolute Gasteiger partial charge is 0.486 e. The third-order valence-corrected chi connectivity index (χ3v) is 2.76. The Morgan fingerprint density at radius 2 is 2.12 bits per heavy atom. The maximum atomic E-state index is 5.64. The lowest BCUT2D eigenvalue weighted by molar-refractivity contribution is 0.295. The van der Waals surface area contributed by atoms with Crippen molar-refractivity contribution < 1.29 is 4.74 Å². The number of nitrogen functional groups attached to an aromatic ring is 1. The third-order valence-electron chi connectivity index (χ3n) is 2.08. The molecule has 0 unspecified atom stereocenters. The van der Waals surface area contributed by atoms with Crippen molar-refractivity contribution >= 4 is 28.4 Å². The van der Waals surface area contributed by atoms with Gasteiger partial charge in [0.2, 0.25) is 0 Å². The van der Waals surface area contributed by atoms with Gasteiger partial charge in [-0.25, -0.2) is 9.97 Å². The van der Waals surface area contributed by atoms with Gasteiger partial charge in [-0.1, -0.05) is 6.07 Å². The van der Waals surface area contributed by atoms with Crippen LogP contribution in [0.4, 0.5) is 5.82 Å². The van der Waals surface area contributed by atoms with E-state index in [4.69, 9.17) is 10.5 Å². The Kier molecular flexibility index (Phi) is 3.78. The number of ether oxygens (including phenoxy) is 1. The van der Waals surface area contributed by atoms with Gasteiger partial charge in [-0.05, 0) is 47.7 Å². The fourth-order valence-corrected chi connectivity index (χ4v) is 1.94. The predicted molar refractivity (Wildman–Crippen MR) is 74.7 cm³/mol. The second-order valence-corrected chi connectivity index (χ2v) is 4.84. The Hall–Kier alpha value is -1.37. The summed E-state index contributed by atoms with van der Waals surface area (Å²) in [5, 5.41) is 0. The molecule has 1 heterocycles. The molecule has 2 aromatic rings. The van der Waals surface area contributed by atoms with E-state index < -0.39 is 0 Å². The fourth-order valence-electron chi connectivity index (χ4n) is 1.43. The van der Waals surface area contributed by atoms with Crippen LogP contribution in [0.2, 0.25) is 0 Å². The molecule has 1 aromatic carbocycles. The maximum Gasteiger partial charge on any atom is 0.168 e. The number of rotatable bonds is 3. The Morgan fingerprint density at radius 1 is 1.29 bits per heavy atom. The zero-order valence-electron chi connectivity index (χ0n) is 9.35. The number of benzene rings is 1. The molecule has 2 rings (SSSR count). The summed E-state index contributed by atoms with van der Waals surface area (Å²) >= 11 is 2.24. The van der Waals surface area contributed by atoms with E-state index in [9.17, 15) is 0 Å². The van der Waals surface area contributed by atoms with Gasteiger partial charge in [-0.3, -0.25) is 0 Å². The first-order valence-corrected chi connectivity index (χ1v) is 6.20. The van der Waals surface area contributed by atoms with Crippen LogP contribution in [-0.4, -0.2) is 9.97 Å². The zero-order chi connectivity index (χ0) is 12.3. The van der Waals surface area contributed by atoms with Crippen LogP contribution in [0.15, 0.2) is 30.3 Å². The molecule has 1 aromatic heterocycles. The molecule has 0 saturated carbocycles. The van der Waals surface area contributed by atoms with Crippen molar-refractivity contribution in [3.63, 3.8) is 0 Å². The molecule has 5 heteroatoms. The summed E-state index contributed by atoms with van der Waals surface area (Å²) in [6, 6.07) is 9.55. The average molecular weight is 341 g/mol. The highest BCUT2D eigenvalue weighted by Crippen LogP contribution is 2.15.